The molecule has 0 aromatic heterocycles. The minimum Gasteiger partial charge on any atom is -0.481 e. The SMILES string of the molecule is CCc1ccc(C(C)NC(=O)C(C)Oc2cc(C)cc(C)c2)cc1. The van der Waals surface area contributed by atoms with Gasteiger partial charge in [0.1, 0.15) is 5.75 Å². The number of aryl methyl sites for hydroxylation is 3. The Labute approximate surface area is 145 Å². The molecule has 0 aliphatic rings. The summed E-state index contributed by atoms with van der Waals surface area (Å²) in [6, 6.07) is 14.3. The van der Waals surface area contributed by atoms with Crippen molar-refractivity contribution in [1.29, 1.82) is 0 Å². The van der Waals surface area contributed by atoms with Crippen LogP contribution in [0.4, 0.5) is 0 Å². The Morgan fingerprint density at radius 1 is 1.04 bits per heavy atom. The van der Waals surface area contributed by atoms with E-state index in [1.165, 1.54) is 5.56 Å². The van der Waals surface area contributed by atoms with Crippen LogP contribution in [0, 0.1) is 13.8 Å². The van der Waals surface area contributed by atoms with Gasteiger partial charge < -0.3 is 10.1 Å². The van der Waals surface area contributed by atoms with Gasteiger partial charge in [0, 0.05) is 0 Å². The topological polar surface area (TPSA) is 38.3 Å². The summed E-state index contributed by atoms with van der Waals surface area (Å²) in [6.07, 6.45) is 0.477. The van der Waals surface area contributed by atoms with Gasteiger partial charge in [0.05, 0.1) is 6.04 Å². The van der Waals surface area contributed by atoms with Gasteiger partial charge >= 0.3 is 0 Å². The number of nitrogens with one attached hydrogen (secondary N) is 1. The molecule has 128 valence electrons. The molecule has 0 aliphatic heterocycles. The molecule has 2 unspecified atom stereocenters. The molecule has 0 radical (unpaired) electrons. The van der Waals surface area contributed by atoms with Gasteiger partial charge in [0.15, 0.2) is 6.10 Å². The van der Waals surface area contributed by atoms with Crippen molar-refractivity contribution in [3.05, 3.63) is 64.7 Å². The first-order chi connectivity index (χ1) is 11.4. The molecule has 0 saturated heterocycles. The number of carbonyl (C=O) groups is 1. The molecule has 0 fully saturated rings. The maximum Gasteiger partial charge on any atom is 0.261 e. The quantitative estimate of drug-likeness (QED) is 0.848. The second kappa shape index (κ2) is 8.00. The maximum atomic E-state index is 12.4. The van der Waals surface area contributed by atoms with E-state index in [1.807, 2.05) is 32.9 Å². The fourth-order valence-corrected chi connectivity index (χ4v) is 2.71. The van der Waals surface area contributed by atoms with Crippen LogP contribution in [0.3, 0.4) is 0 Å². The van der Waals surface area contributed by atoms with Crippen molar-refractivity contribution in [3.8, 4) is 5.75 Å². The van der Waals surface area contributed by atoms with E-state index in [-0.39, 0.29) is 11.9 Å². The fourth-order valence-electron chi connectivity index (χ4n) is 2.71. The lowest BCUT2D eigenvalue weighted by Crippen LogP contribution is -2.37. The number of amides is 1. The summed E-state index contributed by atoms with van der Waals surface area (Å²) in [5.74, 6) is 0.622. The van der Waals surface area contributed by atoms with Gasteiger partial charge in [0.2, 0.25) is 0 Å². The van der Waals surface area contributed by atoms with Crippen LogP contribution < -0.4 is 10.1 Å². The van der Waals surface area contributed by atoms with Crippen molar-refractivity contribution in [2.75, 3.05) is 0 Å². The molecule has 2 aromatic carbocycles. The van der Waals surface area contributed by atoms with Crippen LogP contribution in [-0.2, 0) is 11.2 Å². The number of carbonyl (C=O) groups excluding carboxylic acids is 1. The number of ether oxygens (including phenoxy) is 1. The van der Waals surface area contributed by atoms with Gasteiger partial charge in [-0.15, -0.1) is 0 Å². The second-order valence-corrected chi connectivity index (χ2v) is 6.41. The Kier molecular flexibility index (Phi) is 6.02. The maximum absolute atomic E-state index is 12.4. The molecule has 0 heterocycles. The predicted molar refractivity (Wildman–Crippen MR) is 98.4 cm³/mol. The Bertz CT molecular complexity index is 671. The monoisotopic (exact) mass is 325 g/mol. The van der Waals surface area contributed by atoms with E-state index in [0.29, 0.717) is 0 Å². The van der Waals surface area contributed by atoms with Crippen molar-refractivity contribution in [2.24, 2.45) is 0 Å². The number of hydrogen-bond acceptors (Lipinski definition) is 2. The molecule has 3 heteroatoms. The van der Waals surface area contributed by atoms with Crippen molar-refractivity contribution >= 4 is 5.91 Å². The molecule has 2 aromatic rings. The van der Waals surface area contributed by atoms with E-state index in [9.17, 15) is 4.79 Å². The van der Waals surface area contributed by atoms with E-state index < -0.39 is 6.10 Å². The zero-order valence-corrected chi connectivity index (χ0v) is 15.2. The van der Waals surface area contributed by atoms with Crippen LogP contribution in [0.15, 0.2) is 42.5 Å². The Morgan fingerprint density at radius 3 is 2.17 bits per heavy atom. The lowest BCUT2D eigenvalue weighted by molar-refractivity contribution is -0.127. The van der Waals surface area contributed by atoms with Gasteiger partial charge in [-0.3, -0.25) is 4.79 Å². The van der Waals surface area contributed by atoms with Crippen LogP contribution in [0.5, 0.6) is 5.75 Å². The molecule has 3 nitrogen and oxygen atoms in total. The number of benzene rings is 2. The molecule has 24 heavy (non-hydrogen) atoms. The molecule has 2 rings (SSSR count). The minimum atomic E-state index is -0.538. The predicted octanol–water partition coefficient (Wildman–Crippen LogP) is 4.51. The molecule has 1 amide bonds. The van der Waals surface area contributed by atoms with E-state index in [1.54, 1.807) is 6.92 Å². The zero-order valence-electron chi connectivity index (χ0n) is 15.2. The third-order valence-corrected chi connectivity index (χ3v) is 4.12. The van der Waals surface area contributed by atoms with E-state index in [2.05, 4.69) is 42.6 Å². The highest BCUT2D eigenvalue weighted by atomic mass is 16.5. The van der Waals surface area contributed by atoms with Gasteiger partial charge in [-0.05, 0) is 68.5 Å². The molecular weight excluding hydrogens is 298 g/mol. The average Bonchev–Trinajstić information content (AvgIpc) is 2.53. The molecule has 0 bridgehead atoms. The smallest absolute Gasteiger partial charge is 0.261 e. The van der Waals surface area contributed by atoms with E-state index in [0.717, 1.165) is 28.9 Å². The van der Waals surface area contributed by atoms with Gasteiger partial charge in [-0.1, -0.05) is 37.3 Å². The van der Waals surface area contributed by atoms with Gasteiger partial charge in [-0.2, -0.15) is 0 Å². The second-order valence-electron chi connectivity index (χ2n) is 6.41. The Hall–Kier alpha value is -2.29. The molecule has 0 aliphatic carbocycles. The summed E-state index contributed by atoms with van der Waals surface area (Å²) in [6.45, 7) is 9.94. The number of hydrogen-bond donors (Lipinski definition) is 1. The van der Waals surface area contributed by atoms with Gasteiger partial charge in [-0.25, -0.2) is 0 Å². The summed E-state index contributed by atoms with van der Waals surface area (Å²) >= 11 is 0. The van der Waals surface area contributed by atoms with Crippen LogP contribution in [-0.4, -0.2) is 12.0 Å². The third kappa shape index (κ3) is 4.85. The highest BCUT2D eigenvalue weighted by Crippen LogP contribution is 2.18. The van der Waals surface area contributed by atoms with Gasteiger partial charge in [0.25, 0.3) is 5.91 Å². The van der Waals surface area contributed by atoms with E-state index >= 15 is 0 Å². The van der Waals surface area contributed by atoms with Crippen LogP contribution in [0.25, 0.3) is 0 Å². The Morgan fingerprint density at radius 2 is 1.62 bits per heavy atom. The van der Waals surface area contributed by atoms with Crippen molar-refractivity contribution in [3.63, 3.8) is 0 Å². The summed E-state index contributed by atoms with van der Waals surface area (Å²) in [7, 11) is 0. The molecular formula is C21H27NO2. The minimum absolute atomic E-state index is 0.0475. The third-order valence-electron chi connectivity index (χ3n) is 4.12. The summed E-state index contributed by atoms with van der Waals surface area (Å²) in [5.41, 5.74) is 4.65. The molecule has 0 saturated carbocycles. The molecule has 0 spiro atoms. The highest BCUT2D eigenvalue weighted by Gasteiger charge is 2.18. The normalized spacial score (nSPS) is 13.2. The standard InChI is InChI=1S/C21H27NO2/c1-6-18-7-9-19(10-8-18)16(4)22-21(23)17(5)24-20-12-14(2)11-15(3)13-20/h7-13,16-17H,6H2,1-5H3,(H,22,23). The first-order valence-corrected chi connectivity index (χ1v) is 8.53. The first kappa shape index (κ1) is 18.1. The summed E-state index contributed by atoms with van der Waals surface area (Å²) < 4.78 is 5.80. The molecule has 2 atom stereocenters. The van der Waals surface area contributed by atoms with Crippen LogP contribution >= 0.6 is 0 Å². The summed E-state index contributed by atoms with van der Waals surface area (Å²) in [5, 5.41) is 3.02. The Balaban J connectivity index is 1.97. The van der Waals surface area contributed by atoms with Crippen LogP contribution in [0.2, 0.25) is 0 Å². The summed E-state index contributed by atoms with van der Waals surface area (Å²) in [4.78, 5) is 12.4. The fraction of sp³-hybridized carbons (Fsp3) is 0.381. The van der Waals surface area contributed by atoms with E-state index in [4.69, 9.17) is 4.74 Å². The lowest BCUT2D eigenvalue weighted by Gasteiger charge is -2.19. The van der Waals surface area contributed by atoms with Crippen molar-refractivity contribution in [1.82, 2.24) is 5.32 Å². The van der Waals surface area contributed by atoms with Crippen LogP contribution in [0.1, 0.15) is 49.1 Å². The average molecular weight is 325 g/mol. The molecule has 1 N–H and O–H groups in total. The largest absolute Gasteiger partial charge is 0.481 e. The van der Waals surface area contributed by atoms with Crippen molar-refractivity contribution in [2.45, 2.75) is 53.2 Å². The zero-order chi connectivity index (χ0) is 17.7. The lowest BCUT2D eigenvalue weighted by atomic mass is 10.0. The number of rotatable bonds is 6. The first-order valence-electron chi connectivity index (χ1n) is 8.53. The van der Waals surface area contributed by atoms with Crippen molar-refractivity contribution < 1.29 is 9.53 Å². The highest BCUT2D eigenvalue weighted by molar-refractivity contribution is 5.81.